The minimum absolute atomic E-state index is 0.609. The molecular formula is C12H13N5S2. The molecule has 0 fully saturated rings. The summed E-state index contributed by atoms with van der Waals surface area (Å²) in [7, 11) is 3.85. The van der Waals surface area contributed by atoms with E-state index in [0.717, 1.165) is 25.8 Å². The van der Waals surface area contributed by atoms with Crippen LogP contribution in [0.15, 0.2) is 15.3 Å². The molecule has 7 heteroatoms. The fourth-order valence-corrected chi connectivity index (χ4v) is 3.48. The molecular weight excluding hydrogens is 278 g/mol. The van der Waals surface area contributed by atoms with Gasteiger partial charge in [-0.3, -0.25) is 4.98 Å². The van der Waals surface area contributed by atoms with E-state index in [1.165, 1.54) is 23.1 Å². The van der Waals surface area contributed by atoms with E-state index in [1.54, 1.807) is 0 Å². The van der Waals surface area contributed by atoms with E-state index < -0.39 is 0 Å². The van der Waals surface area contributed by atoms with Crippen molar-refractivity contribution in [3.8, 4) is 6.07 Å². The summed E-state index contributed by atoms with van der Waals surface area (Å²) in [6, 6.07) is 4.11. The average molecular weight is 291 g/mol. The highest BCUT2D eigenvalue weighted by molar-refractivity contribution is 8.01. The number of aryl methyl sites for hydroxylation is 2. The van der Waals surface area contributed by atoms with Crippen molar-refractivity contribution in [1.82, 2.24) is 15.2 Å². The summed E-state index contributed by atoms with van der Waals surface area (Å²) >= 11 is 2.96. The van der Waals surface area contributed by atoms with Crippen molar-refractivity contribution in [2.45, 2.75) is 23.1 Å². The second-order valence-electron chi connectivity index (χ2n) is 4.18. The lowest BCUT2D eigenvalue weighted by atomic mass is 10.2. The van der Waals surface area contributed by atoms with Crippen LogP contribution in [0.3, 0.4) is 0 Å². The first kappa shape index (κ1) is 13.8. The number of rotatable bonds is 3. The van der Waals surface area contributed by atoms with E-state index in [1.807, 2.05) is 38.9 Å². The molecule has 5 nitrogen and oxygen atoms in total. The smallest absolute Gasteiger partial charge is 0.208 e. The van der Waals surface area contributed by atoms with Gasteiger partial charge in [-0.05, 0) is 19.9 Å². The largest absolute Gasteiger partial charge is 0.353 e. The standard InChI is InChI=1S/C12H13N5S2/c1-7-5-10(9(6-13)8(2)14-7)18-12-16-15-11(19-12)17(3)4/h5H,1-4H3. The molecule has 0 saturated carbocycles. The van der Waals surface area contributed by atoms with Crippen LogP contribution in [0, 0.1) is 25.2 Å². The fourth-order valence-electron chi connectivity index (χ4n) is 1.53. The van der Waals surface area contributed by atoms with Crippen molar-refractivity contribution >= 4 is 28.2 Å². The summed E-state index contributed by atoms with van der Waals surface area (Å²) in [4.78, 5) is 7.10. The minimum Gasteiger partial charge on any atom is -0.353 e. The van der Waals surface area contributed by atoms with E-state index in [4.69, 9.17) is 0 Å². The molecule has 98 valence electrons. The first-order chi connectivity index (χ1) is 9.01. The molecule has 2 aromatic rings. The van der Waals surface area contributed by atoms with E-state index >= 15 is 0 Å². The Bertz CT molecular complexity index is 642. The zero-order chi connectivity index (χ0) is 14.0. The Labute approximate surface area is 120 Å². The zero-order valence-corrected chi connectivity index (χ0v) is 12.8. The van der Waals surface area contributed by atoms with Crippen LogP contribution in [0.4, 0.5) is 5.13 Å². The first-order valence-corrected chi connectivity index (χ1v) is 7.21. The minimum atomic E-state index is 0.609. The van der Waals surface area contributed by atoms with Gasteiger partial charge in [-0.15, -0.1) is 10.2 Å². The van der Waals surface area contributed by atoms with Crippen molar-refractivity contribution in [2.75, 3.05) is 19.0 Å². The average Bonchev–Trinajstić information content (AvgIpc) is 2.77. The van der Waals surface area contributed by atoms with Crippen LogP contribution in [-0.4, -0.2) is 29.3 Å². The molecule has 0 bridgehead atoms. The van der Waals surface area contributed by atoms with E-state index in [0.29, 0.717) is 5.56 Å². The van der Waals surface area contributed by atoms with E-state index in [-0.39, 0.29) is 0 Å². The van der Waals surface area contributed by atoms with E-state index in [2.05, 4.69) is 21.3 Å². The molecule has 0 N–H and O–H groups in total. The highest BCUT2D eigenvalue weighted by Gasteiger charge is 2.13. The Morgan fingerprint density at radius 3 is 2.63 bits per heavy atom. The number of nitrogens with zero attached hydrogens (tertiary/aromatic N) is 5. The molecule has 2 heterocycles. The molecule has 0 atom stereocenters. The Balaban J connectivity index is 2.35. The third kappa shape index (κ3) is 3.03. The molecule has 0 radical (unpaired) electrons. The van der Waals surface area contributed by atoms with Crippen LogP contribution in [0.1, 0.15) is 17.0 Å². The highest BCUT2D eigenvalue weighted by Crippen LogP contribution is 2.35. The second-order valence-corrected chi connectivity index (χ2v) is 6.43. The molecule has 0 aliphatic rings. The molecule has 2 aromatic heterocycles. The van der Waals surface area contributed by atoms with Crippen molar-refractivity contribution in [2.24, 2.45) is 0 Å². The lowest BCUT2D eigenvalue weighted by Gasteiger charge is -2.05. The molecule has 0 amide bonds. The van der Waals surface area contributed by atoms with Gasteiger partial charge in [0, 0.05) is 24.7 Å². The Kier molecular flexibility index (Phi) is 4.02. The Hall–Kier alpha value is -1.65. The van der Waals surface area contributed by atoms with Crippen LogP contribution >= 0.6 is 23.1 Å². The second kappa shape index (κ2) is 5.55. The maximum Gasteiger partial charge on any atom is 0.208 e. The molecule has 19 heavy (non-hydrogen) atoms. The summed E-state index contributed by atoms with van der Waals surface area (Å²) in [5, 5.41) is 18.3. The molecule has 2 rings (SSSR count). The van der Waals surface area contributed by atoms with Crippen molar-refractivity contribution in [1.29, 1.82) is 5.26 Å². The molecule has 0 aliphatic heterocycles. The first-order valence-electron chi connectivity index (χ1n) is 5.58. The number of hydrogen-bond donors (Lipinski definition) is 0. The van der Waals surface area contributed by atoms with Gasteiger partial charge in [-0.1, -0.05) is 23.1 Å². The van der Waals surface area contributed by atoms with Gasteiger partial charge in [0.05, 0.1) is 11.3 Å². The predicted octanol–water partition coefficient (Wildman–Crippen LogP) is 2.64. The van der Waals surface area contributed by atoms with Crippen LogP contribution in [0.5, 0.6) is 0 Å². The van der Waals surface area contributed by atoms with Crippen LogP contribution in [-0.2, 0) is 0 Å². The van der Waals surface area contributed by atoms with Gasteiger partial charge in [0.1, 0.15) is 6.07 Å². The number of nitriles is 1. The number of hydrogen-bond acceptors (Lipinski definition) is 7. The maximum atomic E-state index is 9.22. The highest BCUT2D eigenvalue weighted by atomic mass is 32.2. The van der Waals surface area contributed by atoms with Gasteiger partial charge >= 0.3 is 0 Å². The quantitative estimate of drug-likeness (QED) is 0.866. The molecule has 0 aromatic carbocycles. The maximum absolute atomic E-state index is 9.22. The van der Waals surface area contributed by atoms with Gasteiger partial charge in [0.15, 0.2) is 4.34 Å². The predicted molar refractivity (Wildman–Crippen MR) is 76.8 cm³/mol. The van der Waals surface area contributed by atoms with Gasteiger partial charge in [0.2, 0.25) is 5.13 Å². The normalized spacial score (nSPS) is 10.3. The van der Waals surface area contributed by atoms with E-state index in [9.17, 15) is 5.26 Å². The number of aromatic nitrogens is 3. The lowest BCUT2D eigenvalue weighted by molar-refractivity contribution is 0.971. The van der Waals surface area contributed by atoms with Gasteiger partial charge in [-0.2, -0.15) is 5.26 Å². The van der Waals surface area contributed by atoms with Crippen LogP contribution in [0.2, 0.25) is 0 Å². The SMILES string of the molecule is Cc1cc(Sc2nnc(N(C)C)s2)c(C#N)c(C)n1. The van der Waals surface area contributed by atoms with Crippen molar-refractivity contribution < 1.29 is 0 Å². The monoisotopic (exact) mass is 291 g/mol. The van der Waals surface area contributed by atoms with Gasteiger partial charge in [0.25, 0.3) is 0 Å². The summed E-state index contributed by atoms with van der Waals surface area (Å²) in [6.45, 7) is 3.77. The summed E-state index contributed by atoms with van der Waals surface area (Å²) in [6.07, 6.45) is 0. The fraction of sp³-hybridized carbons (Fsp3) is 0.333. The Morgan fingerprint density at radius 1 is 1.32 bits per heavy atom. The molecule has 0 spiro atoms. The lowest BCUT2D eigenvalue weighted by Crippen LogP contribution is -2.07. The van der Waals surface area contributed by atoms with Crippen molar-refractivity contribution in [3.05, 3.63) is 23.0 Å². The summed E-state index contributed by atoms with van der Waals surface area (Å²) in [5.74, 6) is 0. The number of pyridine rings is 1. The topological polar surface area (TPSA) is 65.7 Å². The summed E-state index contributed by atoms with van der Waals surface area (Å²) in [5.41, 5.74) is 2.26. The molecule has 0 saturated heterocycles. The Morgan fingerprint density at radius 2 is 2.05 bits per heavy atom. The van der Waals surface area contributed by atoms with Crippen LogP contribution < -0.4 is 4.90 Å². The third-order valence-electron chi connectivity index (χ3n) is 2.38. The zero-order valence-electron chi connectivity index (χ0n) is 11.1. The van der Waals surface area contributed by atoms with Crippen LogP contribution in [0.25, 0.3) is 0 Å². The summed E-state index contributed by atoms with van der Waals surface area (Å²) < 4.78 is 0.824. The van der Waals surface area contributed by atoms with Crippen molar-refractivity contribution in [3.63, 3.8) is 0 Å². The number of anilines is 1. The van der Waals surface area contributed by atoms with Gasteiger partial charge < -0.3 is 4.90 Å². The third-order valence-corrected chi connectivity index (χ3v) is 4.56. The molecule has 0 aliphatic carbocycles. The molecule has 0 unspecified atom stereocenters. The van der Waals surface area contributed by atoms with Gasteiger partial charge in [-0.25, -0.2) is 0 Å².